The maximum atomic E-state index is 11.3. The molecule has 82 valence electrons. The number of nitrogens with one attached hydrogen (secondary N) is 1. The van der Waals surface area contributed by atoms with Crippen LogP contribution in [0.15, 0.2) is 5.16 Å². The molecule has 6 heteroatoms. The third kappa shape index (κ3) is 3.51. The van der Waals surface area contributed by atoms with Gasteiger partial charge in [0.1, 0.15) is 5.84 Å². The lowest BCUT2D eigenvalue weighted by atomic mass is 10.1. The van der Waals surface area contributed by atoms with Crippen LogP contribution in [-0.4, -0.2) is 42.1 Å². The zero-order valence-electron chi connectivity index (χ0n) is 8.82. The monoisotopic (exact) mass is 202 g/mol. The summed E-state index contributed by atoms with van der Waals surface area (Å²) in [6.45, 7) is 4.68. The SMILES string of the molecule is CCN(CC(C)C(N)=NO)C(=O)NC. The van der Waals surface area contributed by atoms with Crippen LogP contribution in [0.1, 0.15) is 13.8 Å². The summed E-state index contributed by atoms with van der Waals surface area (Å²) in [6, 6.07) is -0.162. The molecule has 0 aromatic carbocycles. The molecule has 0 aromatic heterocycles. The molecule has 0 aromatic rings. The number of amides is 2. The quantitative estimate of drug-likeness (QED) is 0.260. The first-order valence-electron chi connectivity index (χ1n) is 4.50. The summed E-state index contributed by atoms with van der Waals surface area (Å²) in [5.74, 6) is -0.0235. The van der Waals surface area contributed by atoms with Gasteiger partial charge in [-0.1, -0.05) is 12.1 Å². The first-order chi connectivity index (χ1) is 6.56. The summed E-state index contributed by atoms with van der Waals surface area (Å²) in [5, 5.41) is 13.8. The van der Waals surface area contributed by atoms with Gasteiger partial charge in [0, 0.05) is 26.1 Å². The van der Waals surface area contributed by atoms with E-state index < -0.39 is 0 Å². The first kappa shape index (κ1) is 12.5. The second kappa shape index (κ2) is 6.06. The van der Waals surface area contributed by atoms with Crippen molar-refractivity contribution >= 4 is 11.9 Å². The van der Waals surface area contributed by atoms with E-state index in [0.29, 0.717) is 13.1 Å². The summed E-state index contributed by atoms with van der Waals surface area (Å²) in [7, 11) is 1.57. The molecule has 0 aliphatic rings. The van der Waals surface area contributed by atoms with Crippen molar-refractivity contribution in [2.24, 2.45) is 16.8 Å². The van der Waals surface area contributed by atoms with Crippen LogP contribution in [0.5, 0.6) is 0 Å². The molecule has 0 saturated carbocycles. The van der Waals surface area contributed by atoms with Gasteiger partial charge in [-0.3, -0.25) is 0 Å². The van der Waals surface area contributed by atoms with E-state index in [0.717, 1.165) is 0 Å². The predicted molar refractivity (Wildman–Crippen MR) is 54.3 cm³/mol. The maximum absolute atomic E-state index is 11.3. The van der Waals surface area contributed by atoms with Crippen LogP contribution in [0.3, 0.4) is 0 Å². The molecular weight excluding hydrogens is 184 g/mol. The summed E-state index contributed by atoms with van der Waals surface area (Å²) in [6.07, 6.45) is 0. The van der Waals surface area contributed by atoms with Gasteiger partial charge in [0.2, 0.25) is 0 Å². The number of carbonyl (C=O) groups is 1. The smallest absolute Gasteiger partial charge is 0.317 e. The van der Waals surface area contributed by atoms with Crippen molar-refractivity contribution < 1.29 is 10.0 Å². The van der Waals surface area contributed by atoms with Crippen molar-refractivity contribution in [1.82, 2.24) is 10.2 Å². The Hall–Kier alpha value is -1.46. The second-order valence-electron chi connectivity index (χ2n) is 3.02. The molecular formula is C8H18N4O2. The van der Waals surface area contributed by atoms with Gasteiger partial charge in [-0.15, -0.1) is 0 Å². The maximum Gasteiger partial charge on any atom is 0.317 e. The Labute approximate surface area is 83.7 Å². The largest absolute Gasteiger partial charge is 0.409 e. The molecule has 0 aliphatic carbocycles. The van der Waals surface area contributed by atoms with Crippen LogP contribution in [0.2, 0.25) is 0 Å². The highest BCUT2D eigenvalue weighted by Gasteiger charge is 2.15. The number of nitrogens with zero attached hydrogens (tertiary/aromatic N) is 2. The highest BCUT2D eigenvalue weighted by Crippen LogP contribution is 2.00. The van der Waals surface area contributed by atoms with E-state index in [1.54, 1.807) is 18.9 Å². The Kier molecular flexibility index (Phi) is 5.43. The van der Waals surface area contributed by atoms with Crippen molar-refractivity contribution in [1.29, 1.82) is 0 Å². The summed E-state index contributed by atoms with van der Waals surface area (Å²) < 4.78 is 0. The molecule has 0 rings (SSSR count). The van der Waals surface area contributed by atoms with Crippen LogP contribution in [0, 0.1) is 5.92 Å². The van der Waals surface area contributed by atoms with Gasteiger partial charge in [0.15, 0.2) is 0 Å². The highest BCUT2D eigenvalue weighted by atomic mass is 16.4. The molecule has 14 heavy (non-hydrogen) atoms. The van der Waals surface area contributed by atoms with Crippen molar-refractivity contribution in [3.8, 4) is 0 Å². The van der Waals surface area contributed by atoms with Crippen LogP contribution >= 0.6 is 0 Å². The number of rotatable bonds is 4. The van der Waals surface area contributed by atoms with E-state index in [1.807, 2.05) is 6.92 Å². The van der Waals surface area contributed by atoms with Crippen molar-refractivity contribution in [3.63, 3.8) is 0 Å². The zero-order valence-corrected chi connectivity index (χ0v) is 8.82. The molecule has 1 unspecified atom stereocenters. The number of oxime groups is 1. The molecule has 0 saturated heterocycles. The molecule has 0 heterocycles. The highest BCUT2D eigenvalue weighted by molar-refractivity contribution is 5.83. The standard InChI is InChI=1S/C8H18N4O2/c1-4-12(8(13)10-3)5-6(2)7(9)11-14/h6,14H,4-5H2,1-3H3,(H2,9,11)(H,10,13). The fourth-order valence-electron chi connectivity index (χ4n) is 1.04. The topological polar surface area (TPSA) is 90.9 Å². The lowest BCUT2D eigenvalue weighted by molar-refractivity contribution is 0.199. The molecule has 4 N–H and O–H groups in total. The number of hydrogen-bond donors (Lipinski definition) is 3. The van der Waals surface area contributed by atoms with Crippen molar-refractivity contribution in [3.05, 3.63) is 0 Å². The fraction of sp³-hybridized carbons (Fsp3) is 0.750. The van der Waals surface area contributed by atoms with Crippen LogP contribution in [-0.2, 0) is 0 Å². The average molecular weight is 202 g/mol. The molecule has 0 fully saturated rings. The van der Waals surface area contributed by atoms with Crippen molar-refractivity contribution in [2.75, 3.05) is 20.1 Å². The third-order valence-electron chi connectivity index (χ3n) is 2.00. The Bertz CT molecular complexity index is 217. The van der Waals surface area contributed by atoms with Gasteiger partial charge in [-0.25, -0.2) is 4.79 Å². The van der Waals surface area contributed by atoms with E-state index in [9.17, 15) is 4.79 Å². The van der Waals surface area contributed by atoms with E-state index in [2.05, 4.69) is 10.5 Å². The summed E-state index contributed by atoms with van der Waals surface area (Å²) in [4.78, 5) is 12.8. The lowest BCUT2D eigenvalue weighted by Crippen LogP contribution is -2.42. The van der Waals surface area contributed by atoms with Gasteiger partial charge < -0.3 is 21.2 Å². The van der Waals surface area contributed by atoms with E-state index in [-0.39, 0.29) is 17.8 Å². The molecule has 0 bridgehead atoms. The van der Waals surface area contributed by atoms with Gasteiger partial charge in [0.05, 0.1) is 0 Å². The normalized spacial score (nSPS) is 13.5. The number of carbonyl (C=O) groups excluding carboxylic acids is 1. The van der Waals surface area contributed by atoms with Crippen LogP contribution in [0.4, 0.5) is 4.79 Å². The predicted octanol–water partition coefficient (Wildman–Crippen LogP) is 0.0302. The summed E-state index contributed by atoms with van der Waals surface area (Å²) in [5.41, 5.74) is 5.40. The third-order valence-corrected chi connectivity index (χ3v) is 2.00. The Morgan fingerprint density at radius 3 is 2.64 bits per heavy atom. The molecule has 6 nitrogen and oxygen atoms in total. The lowest BCUT2D eigenvalue weighted by Gasteiger charge is -2.23. The zero-order chi connectivity index (χ0) is 11.1. The summed E-state index contributed by atoms with van der Waals surface area (Å²) >= 11 is 0. The molecule has 0 aliphatic heterocycles. The minimum atomic E-state index is -0.162. The van der Waals surface area contributed by atoms with Gasteiger partial charge in [0.25, 0.3) is 0 Å². The minimum Gasteiger partial charge on any atom is -0.409 e. The number of urea groups is 1. The molecule has 2 amide bonds. The van der Waals surface area contributed by atoms with Crippen LogP contribution < -0.4 is 11.1 Å². The van der Waals surface area contributed by atoms with E-state index in [1.165, 1.54) is 0 Å². The number of hydrogen-bond acceptors (Lipinski definition) is 3. The van der Waals surface area contributed by atoms with E-state index in [4.69, 9.17) is 10.9 Å². The van der Waals surface area contributed by atoms with Crippen molar-refractivity contribution in [2.45, 2.75) is 13.8 Å². The number of nitrogens with two attached hydrogens (primary N) is 1. The second-order valence-corrected chi connectivity index (χ2v) is 3.02. The first-order valence-corrected chi connectivity index (χ1v) is 4.50. The van der Waals surface area contributed by atoms with Gasteiger partial charge >= 0.3 is 6.03 Å². The molecule has 1 atom stereocenters. The van der Waals surface area contributed by atoms with Gasteiger partial charge in [-0.2, -0.15) is 0 Å². The average Bonchev–Trinajstić information content (AvgIpc) is 2.22. The number of amidine groups is 1. The Balaban J connectivity index is 4.25. The van der Waals surface area contributed by atoms with Gasteiger partial charge in [-0.05, 0) is 6.92 Å². The molecule has 0 spiro atoms. The minimum absolute atomic E-state index is 0.132. The fourth-order valence-corrected chi connectivity index (χ4v) is 1.04. The molecule has 0 radical (unpaired) electrons. The Morgan fingerprint density at radius 2 is 2.29 bits per heavy atom. The Morgan fingerprint density at radius 1 is 1.71 bits per heavy atom. The van der Waals surface area contributed by atoms with E-state index >= 15 is 0 Å². The van der Waals surface area contributed by atoms with Crippen LogP contribution in [0.25, 0.3) is 0 Å².